The number of nitrogens with zero attached hydrogens (tertiary/aromatic N) is 3. The number of ether oxygens (including phenoxy) is 2. The fourth-order valence-electron chi connectivity index (χ4n) is 4.72. The molecule has 1 atom stereocenters. The Bertz CT molecular complexity index is 1420. The molecule has 1 aromatic heterocycles. The van der Waals surface area contributed by atoms with E-state index in [4.69, 9.17) is 9.47 Å². The van der Waals surface area contributed by atoms with Gasteiger partial charge in [-0.25, -0.2) is 0 Å². The first-order chi connectivity index (χ1) is 18.4. The van der Waals surface area contributed by atoms with Crippen molar-refractivity contribution in [1.82, 2.24) is 4.98 Å². The Kier molecular flexibility index (Phi) is 6.83. The number of esters is 1. The molecule has 5 rings (SSSR count). The Morgan fingerprint density at radius 2 is 1.92 bits per heavy atom. The number of hydrogen-bond acceptors (Lipinski definition) is 8. The van der Waals surface area contributed by atoms with Crippen LogP contribution in [0.1, 0.15) is 29.8 Å². The zero-order chi connectivity index (χ0) is 26.8. The Balaban J connectivity index is 1.58. The van der Waals surface area contributed by atoms with Gasteiger partial charge in [-0.05, 0) is 55.0 Å². The Morgan fingerprint density at radius 1 is 1.13 bits per heavy atom. The van der Waals surface area contributed by atoms with Gasteiger partial charge >= 0.3 is 5.97 Å². The minimum Gasteiger partial charge on any atom is -0.507 e. The Morgan fingerprint density at radius 3 is 2.63 bits per heavy atom. The third-order valence-electron chi connectivity index (χ3n) is 6.61. The number of anilines is 2. The van der Waals surface area contributed by atoms with E-state index in [1.54, 1.807) is 73.8 Å². The van der Waals surface area contributed by atoms with Gasteiger partial charge in [0.05, 0.1) is 36.5 Å². The third kappa shape index (κ3) is 4.58. The van der Waals surface area contributed by atoms with Crippen molar-refractivity contribution in [3.63, 3.8) is 0 Å². The second kappa shape index (κ2) is 10.4. The van der Waals surface area contributed by atoms with Crippen LogP contribution in [-0.2, 0) is 25.5 Å². The van der Waals surface area contributed by atoms with Crippen molar-refractivity contribution < 1.29 is 29.0 Å². The predicted molar refractivity (Wildman–Crippen MR) is 141 cm³/mol. The quantitative estimate of drug-likeness (QED) is 0.230. The number of aliphatic hydroxyl groups is 1. The van der Waals surface area contributed by atoms with Gasteiger partial charge in [0.1, 0.15) is 24.2 Å². The van der Waals surface area contributed by atoms with E-state index in [-0.39, 0.29) is 23.7 Å². The van der Waals surface area contributed by atoms with Crippen molar-refractivity contribution in [3.05, 3.63) is 89.3 Å². The number of amides is 1. The monoisotopic (exact) mass is 513 g/mol. The van der Waals surface area contributed by atoms with Crippen molar-refractivity contribution in [2.45, 2.75) is 19.4 Å². The molecule has 2 aromatic carbocycles. The van der Waals surface area contributed by atoms with Gasteiger partial charge in [-0.3, -0.25) is 24.3 Å². The number of carbonyl (C=O) groups is 3. The van der Waals surface area contributed by atoms with Crippen molar-refractivity contribution in [1.29, 1.82) is 0 Å². The first-order valence-electron chi connectivity index (χ1n) is 12.3. The highest BCUT2D eigenvalue weighted by Gasteiger charge is 2.47. The minimum atomic E-state index is -0.947. The first-order valence-corrected chi connectivity index (χ1v) is 12.3. The number of rotatable bonds is 6. The molecule has 194 valence electrons. The Labute approximate surface area is 219 Å². The van der Waals surface area contributed by atoms with Crippen LogP contribution < -0.4 is 14.5 Å². The summed E-state index contributed by atoms with van der Waals surface area (Å²) in [7, 11) is 1.92. The molecular weight excluding hydrogens is 486 g/mol. The van der Waals surface area contributed by atoms with Crippen LogP contribution in [0.2, 0.25) is 0 Å². The largest absolute Gasteiger partial charge is 0.507 e. The van der Waals surface area contributed by atoms with Gasteiger partial charge in [-0.1, -0.05) is 18.2 Å². The van der Waals surface area contributed by atoms with Crippen molar-refractivity contribution in [3.8, 4) is 5.75 Å². The second-order valence-electron chi connectivity index (χ2n) is 9.02. The van der Waals surface area contributed by atoms with E-state index in [1.807, 2.05) is 11.9 Å². The zero-order valence-corrected chi connectivity index (χ0v) is 21.1. The number of Topliss-reactive ketones (excluding diaryl/α,β-unsaturated/α-hetero) is 1. The summed E-state index contributed by atoms with van der Waals surface area (Å²) in [6.45, 7) is 3.27. The molecule has 0 radical (unpaired) electrons. The van der Waals surface area contributed by atoms with Crippen LogP contribution in [0, 0.1) is 0 Å². The van der Waals surface area contributed by atoms with E-state index in [0.29, 0.717) is 48.0 Å². The normalized spacial score (nSPS) is 18.2. The molecule has 3 aromatic rings. The van der Waals surface area contributed by atoms with E-state index in [1.165, 1.54) is 4.90 Å². The number of benzene rings is 2. The predicted octanol–water partition coefficient (Wildman–Crippen LogP) is 3.64. The average molecular weight is 514 g/mol. The number of aliphatic hydroxyl groups excluding tert-OH is 1. The average Bonchev–Trinajstić information content (AvgIpc) is 3.19. The van der Waals surface area contributed by atoms with Crippen LogP contribution in [0.4, 0.5) is 11.4 Å². The molecule has 9 nitrogen and oxygen atoms in total. The number of pyridine rings is 1. The summed E-state index contributed by atoms with van der Waals surface area (Å²) in [4.78, 5) is 46.4. The lowest BCUT2D eigenvalue weighted by Crippen LogP contribution is -2.29. The molecular formula is C29H27N3O6. The van der Waals surface area contributed by atoms with Crippen LogP contribution in [0.3, 0.4) is 0 Å². The van der Waals surface area contributed by atoms with E-state index in [0.717, 1.165) is 5.69 Å². The van der Waals surface area contributed by atoms with Crippen LogP contribution in [0.5, 0.6) is 5.75 Å². The highest BCUT2D eigenvalue weighted by Crippen LogP contribution is 2.42. The van der Waals surface area contributed by atoms with Gasteiger partial charge in [0, 0.05) is 24.5 Å². The molecule has 1 fully saturated rings. The zero-order valence-electron chi connectivity index (χ0n) is 21.1. The molecule has 0 aliphatic carbocycles. The molecule has 38 heavy (non-hydrogen) atoms. The second-order valence-corrected chi connectivity index (χ2v) is 9.02. The minimum absolute atomic E-state index is 0.0522. The summed E-state index contributed by atoms with van der Waals surface area (Å²) in [6, 6.07) is 16.2. The van der Waals surface area contributed by atoms with Crippen molar-refractivity contribution in [2.24, 2.45) is 0 Å². The summed E-state index contributed by atoms with van der Waals surface area (Å²) >= 11 is 0. The van der Waals surface area contributed by atoms with Crippen LogP contribution >= 0.6 is 0 Å². The van der Waals surface area contributed by atoms with Crippen molar-refractivity contribution in [2.75, 3.05) is 36.6 Å². The summed E-state index contributed by atoms with van der Waals surface area (Å²) in [5.74, 6) is -1.55. The molecule has 1 unspecified atom stereocenters. The lowest BCUT2D eigenvalue weighted by Gasteiger charge is -2.28. The lowest BCUT2D eigenvalue weighted by atomic mass is 9.97. The van der Waals surface area contributed by atoms with Gasteiger partial charge in [-0.15, -0.1) is 0 Å². The topological polar surface area (TPSA) is 109 Å². The third-order valence-corrected chi connectivity index (χ3v) is 6.61. The number of carbonyl (C=O) groups excluding carboxylic acids is 3. The maximum Gasteiger partial charge on any atom is 0.310 e. The van der Waals surface area contributed by atoms with E-state index in [2.05, 4.69) is 4.98 Å². The fourth-order valence-corrected chi connectivity index (χ4v) is 4.72. The SMILES string of the molecule is CCOC(=O)Cc1ccc(N2C(=O)C(=O)/C(=C(\O)c3ccc4c(c3)N(C)CCO4)C2c2ccccn2)cc1. The van der Waals surface area contributed by atoms with Crippen LogP contribution in [0.15, 0.2) is 72.4 Å². The van der Waals surface area contributed by atoms with Gasteiger partial charge in [0.25, 0.3) is 11.7 Å². The molecule has 2 aliphatic heterocycles. The van der Waals surface area contributed by atoms with E-state index in [9.17, 15) is 19.5 Å². The van der Waals surface area contributed by atoms with Gasteiger partial charge < -0.3 is 19.5 Å². The highest BCUT2D eigenvalue weighted by atomic mass is 16.5. The standard InChI is InChI=1S/C29H27N3O6/c1-3-37-24(33)16-18-7-10-20(11-8-18)32-26(21-6-4-5-13-30-21)25(28(35)29(32)36)27(34)19-9-12-23-22(17-19)31(2)14-15-38-23/h4-13,17,26,34H,3,14-16H2,1-2H3/b27-25-. The summed E-state index contributed by atoms with van der Waals surface area (Å²) in [5.41, 5.74) is 2.70. The molecule has 1 saturated heterocycles. The molecule has 3 heterocycles. The van der Waals surface area contributed by atoms with Crippen LogP contribution in [-0.4, -0.2) is 54.6 Å². The number of ketones is 1. The van der Waals surface area contributed by atoms with Gasteiger partial charge in [-0.2, -0.15) is 0 Å². The smallest absolute Gasteiger partial charge is 0.310 e. The summed E-state index contributed by atoms with van der Waals surface area (Å²) < 4.78 is 10.7. The molecule has 0 saturated carbocycles. The first kappa shape index (κ1) is 25.0. The molecule has 1 N–H and O–H groups in total. The molecule has 0 bridgehead atoms. The van der Waals surface area contributed by atoms with Gasteiger partial charge in [0.2, 0.25) is 0 Å². The molecule has 9 heteroatoms. The summed E-state index contributed by atoms with van der Waals surface area (Å²) in [5, 5.41) is 11.4. The van der Waals surface area contributed by atoms with Gasteiger partial charge in [0.15, 0.2) is 0 Å². The Hall–Kier alpha value is -4.66. The fraction of sp³-hybridized carbons (Fsp3) is 0.241. The number of fused-ring (bicyclic) bond motifs is 1. The number of aromatic nitrogens is 1. The van der Waals surface area contributed by atoms with E-state index < -0.39 is 17.7 Å². The number of likely N-dealkylation sites (N-methyl/N-ethyl adjacent to an activating group) is 1. The maximum absolute atomic E-state index is 13.4. The molecule has 1 amide bonds. The van der Waals surface area contributed by atoms with Crippen molar-refractivity contribution >= 4 is 34.8 Å². The highest BCUT2D eigenvalue weighted by molar-refractivity contribution is 6.51. The molecule has 2 aliphatic rings. The number of hydrogen-bond donors (Lipinski definition) is 1. The molecule has 0 spiro atoms. The lowest BCUT2D eigenvalue weighted by molar-refractivity contribution is -0.142. The maximum atomic E-state index is 13.4. The van der Waals surface area contributed by atoms with E-state index >= 15 is 0 Å². The summed E-state index contributed by atoms with van der Waals surface area (Å²) in [6.07, 6.45) is 1.66. The van der Waals surface area contributed by atoms with Crippen LogP contribution in [0.25, 0.3) is 5.76 Å².